The van der Waals surface area contributed by atoms with Gasteiger partial charge in [0.1, 0.15) is 0 Å². The summed E-state index contributed by atoms with van der Waals surface area (Å²) in [7, 11) is 0. The number of unbranched alkanes of at least 4 members (excludes halogenated alkanes) is 14. The fraction of sp³-hybridized carbons (Fsp3) is 0.941. The van der Waals surface area contributed by atoms with E-state index in [2.05, 4.69) is 13.8 Å². The average Bonchev–Trinajstić information content (AvgIpc) is 2.35. The molecule has 18 heavy (non-hydrogen) atoms. The Kier molecular flexibility index (Phi) is 24.0. The third kappa shape index (κ3) is 19.3. The van der Waals surface area contributed by atoms with Crippen LogP contribution in [0.5, 0.6) is 0 Å². The van der Waals surface area contributed by atoms with Gasteiger partial charge < -0.3 is 6.92 Å². The fourth-order valence-electron chi connectivity index (χ4n) is 2.37. The van der Waals surface area contributed by atoms with E-state index in [1.54, 1.807) is 0 Å². The van der Waals surface area contributed by atoms with Crippen molar-refractivity contribution in [3.8, 4) is 0 Å². The van der Waals surface area contributed by atoms with E-state index in [9.17, 15) is 0 Å². The Hall–Kier alpha value is 1.00. The molecule has 0 aromatic rings. The van der Waals surface area contributed by atoms with Gasteiger partial charge in [-0.3, -0.25) is 0 Å². The van der Waals surface area contributed by atoms with E-state index in [1.165, 1.54) is 89.9 Å². The van der Waals surface area contributed by atoms with E-state index < -0.39 is 0 Å². The maximum absolute atomic E-state index is 3.88. The molecule has 0 amide bonds. The SMILES string of the molecule is [CH2-]CCCCCCCCCCCCCCCC.[Na+]. The molecule has 0 atom stereocenters. The fourth-order valence-corrected chi connectivity index (χ4v) is 2.37. The minimum Gasteiger partial charge on any atom is -0.343 e. The third-order valence-electron chi connectivity index (χ3n) is 3.60. The first kappa shape index (κ1) is 21.3. The van der Waals surface area contributed by atoms with E-state index >= 15 is 0 Å². The predicted molar refractivity (Wildman–Crippen MR) is 80.3 cm³/mol. The summed E-state index contributed by atoms with van der Waals surface area (Å²) >= 11 is 0. The zero-order valence-corrected chi connectivity index (χ0v) is 15.3. The minimum absolute atomic E-state index is 0. The Bertz CT molecular complexity index is 109. The zero-order valence-electron chi connectivity index (χ0n) is 13.3. The van der Waals surface area contributed by atoms with Gasteiger partial charge in [-0.1, -0.05) is 96.8 Å². The first-order chi connectivity index (χ1) is 8.41. The average molecular weight is 262 g/mol. The van der Waals surface area contributed by atoms with Crippen LogP contribution in [0.2, 0.25) is 0 Å². The van der Waals surface area contributed by atoms with Gasteiger partial charge in [0.25, 0.3) is 0 Å². The molecule has 0 aliphatic heterocycles. The summed E-state index contributed by atoms with van der Waals surface area (Å²) in [6.45, 7) is 6.17. The van der Waals surface area contributed by atoms with Crippen molar-refractivity contribution in [2.75, 3.05) is 0 Å². The van der Waals surface area contributed by atoms with Crippen LogP contribution in [-0.4, -0.2) is 0 Å². The van der Waals surface area contributed by atoms with Gasteiger partial charge in [0, 0.05) is 0 Å². The van der Waals surface area contributed by atoms with Gasteiger partial charge in [-0.2, -0.15) is 6.42 Å². The zero-order chi connectivity index (χ0) is 12.6. The quantitative estimate of drug-likeness (QED) is 0.254. The summed E-state index contributed by atoms with van der Waals surface area (Å²) < 4.78 is 0. The van der Waals surface area contributed by atoms with Crippen LogP contribution in [0.1, 0.15) is 103 Å². The van der Waals surface area contributed by atoms with Crippen LogP contribution >= 0.6 is 0 Å². The molecule has 0 N–H and O–H groups in total. The van der Waals surface area contributed by atoms with Gasteiger partial charge in [0.15, 0.2) is 0 Å². The molecule has 0 aliphatic carbocycles. The van der Waals surface area contributed by atoms with E-state index in [1.807, 2.05) is 0 Å². The second-order valence-electron chi connectivity index (χ2n) is 5.45. The van der Waals surface area contributed by atoms with Crippen molar-refractivity contribution in [2.45, 2.75) is 103 Å². The molecule has 104 valence electrons. The Morgan fingerprint density at radius 2 is 0.778 bits per heavy atom. The topological polar surface area (TPSA) is 0 Å². The molecule has 0 saturated heterocycles. The first-order valence-corrected chi connectivity index (χ1v) is 8.21. The van der Waals surface area contributed by atoms with Crippen molar-refractivity contribution in [2.24, 2.45) is 0 Å². The summed E-state index contributed by atoms with van der Waals surface area (Å²) in [5.41, 5.74) is 0. The summed E-state index contributed by atoms with van der Waals surface area (Å²) in [6.07, 6.45) is 21.3. The van der Waals surface area contributed by atoms with E-state index in [-0.39, 0.29) is 29.6 Å². The van der Waals surface area contributed by atoms with Crippen molar-refractivity contribution in [1.82, 2.24) is 0 Å². The van der Waals surface area contributed by atoms with Gasteiger partial charge in [-0.15, -0.1) is 0 Å². The van der Waals surface area contributed by atoms with Gasteiger partial charge in [0.2, 0.25) is 0 Å². The first-order valence-electron chi connectivity index (χ1n) is 8.21. The molecule has 1 heteroatoms. The standard InChI is InChI=1S/C17H35.Na/c1-3-5-7-9-11-13-15-17-16-14-12-10-8-6-4-2;/h1,3-17H2,2H3;/q-1;+1. The van der Waals surface area contributed by atoms with Crippen molar-refractivity contribution in [3.05, 3.63) is 6.92 Å². The minimum atomic E-state index is 0. The predicted octanol–water partition coefficient (Wildman–Crippen LogP) is 3.70. The van der Waals surface area contributed by atoms with Crippen molar-refractivity contribution in [1.29, 1.82) is 0 Å². The maximum Gasteiger partial charge on any atom is 1.00 e. The van der Waals surface area contributed by atoms with Crippen LogP contribution in [0.3, 0.4) is 0 Å². The second kappa shape index (κ2) is 20.3. The summed E-state index contributed by atoms with van der Waals surface area (Å²) in [4.78, 5) is 0. The number of hydrogen-bond acceptors (Lipinski definition) is 0. The van der Waals surface area contributed by atoms with Gasteiger partial charge in [-0.05, 0) is 0 Å². The number of rotatable bonds is 14. The normalized spacial score (nSPS) is 10.3. The van der Waals surface area contributed by atoms with Crippen LogP contribution in [0.15, 0.2) is 0 Å². The molecule has 0 rings (SSSR count). The molecule has 0 radical (unpaired) electrons. The van der Waals surface area contributed by atoms with E-state index in [0.29, 0.717) is 0 Å². The Morgan fingerprint density at radius 1 is 0.500 bits per heavy atom. The molecule has 0 bridgehead atoms. The summed E-state index contributed by atoms with van der Waals surface area (Å²) in [5, 5.41) is 0. The molecule has 0 fully saturated rings. The van der Waals surface area contributed by atoms with Crippen molar-refractivity contribution in [3.63, 3.8) is 0 Å². The molecule has 0 aliphatic rings. The maximum atomic E-state index is 3.88. The van der Waals surface area contributed by atoms with Crippen LogP contribution in [0.25, 0.3) is 0 Å². The monoisotopic (exact) mass is 262 g/mol. The Morgan fingerprint density at radius 3 is 1.06 bits per heavy atom. The molecule has 0 aromatic carbocycles. The van der Waals surface area contributed by atoms with Gasteiger partial charge in [-0.25, -0.2) is 0 Å². The summed E-state index contributed by atoms with van der Waals surface area (Å²) in [6, 6.07) is 0. The molecular weight excluding hydrogens is 227 g/mol. The summed E-state index contributed by atoms with van der Waals surface area (Å²) in [5.74, 6) is 0. The van der Waals surface area contributed by atoms with E-state index in [4.69, 9.17) is 0 Å². The largest absolute Gasteiger partial charge is 1.00 e. The van der Waals surface area contributed by atoms with Crippen LogP contribution in [-0.2, 0) is 0 Å². The molecule has 0 spiro atoms. The third-order valence-corrected chi connectivity index (χ3v) is 3.60. The van der Waals surface area contributed by atoms with Gasteiger partial charge >= 0.3 is 29.6 Å². The Balaban J connectivity index is 0. The molecular formula is C17H35Na. The second-order valence-corrected chi connectivity index (χ2v) is 5.45. The van der Waals surface area contributed by atoms with Gasteiger partial charge in [0.05, 0.1) is 0 Å². The van der Waals surface area contributed by atoms with Crippen molar-refractivity contribution >= 4 is 0 Å². The Labute approximate surface area is 139 Å². The molecule has 0 unspecified atom stereocenters. The van der Waals surface area contributed by atoms with Crippen molar-refractivity contribution < 1.29 is 29.6 Å². The molecule has 0 nitrogen and oxygen atoms in total. The van der Waals surface area contributed by atoms with E-state index in [0.717, 1.165) is 6.42 Å². The number of hydrogen-bond donors (Lipinski definition) is 0. The molecule has 0 heterocycles. The smallest absolute Gasteiger partial charge is 0.343 e. The van der Waals surface area contributed by atoms with Crippen LogP contribution in [0.4, 0.5) is 0 Å². The van der Waals surface area contributed by atoms with Crippen LogP contribution in [0, 0.1) is 6.92 Å². The molecule has 0 aromatic heterocycles. The molecule has 0 saturated carbocycles. The van der Waals surface area contributed by atoms with Crippen LogP contribution < -0.4 is 29.6 Å².